The summed E-state index contributed by atoms with van der Waals surface area (Å²) in [4.78, 5) is 23.4. The van der Waals surface area contributed by atoms with Crippen molar-refractivity contribution in [3.8, 4) is 5.75 Å². The summed E-state index contributed by atoms with van der Waals surface area (Å²) in [6.45, 7) is 10.8. The number of hydrogen-bond donors (Lipinski definition) is 2. The zero-order chi connectivity index (χ0) is 23.7. The first-order valence-electron chi connectivity index (χ1n) is 10.8. The number of ether oxygens (including phenoxy) is 1. The third kappa shape index (κ3) is 9.03. The molecular weight excluding hydrogens is 392 g/mol. The molecule has 2 N–H and O–H groups in total. The first-order valence-corrected chi connectivity index (χ1v) is 10.8. The molecule has 0 aliphatic heterocycles. The lowest BCUT2D eigenvalue weighted by atomic mass is 9.96. The van der Waals surface area contributed by atoms with Crippen LogP contribution in [0.4, 0.5) is 0 Å². The van der Waals surface area contributed by atoms with Gasteiger partial charge in [0.25, 0.3) is 0 Å². The Bertz CT molecular complexity index is 822. The van der Waals surface area contributed by atoms with E-state index < -0.39 is 11.2 Å². The van der Waals surface area contributed by atoms with Crippen molar-refractivity contribution in [3.63, 3.8) is 0 Å². The summed E-state index contributed by atoms with van der Waals surface area (Å²) in [5.74, 6) is 0.231. The van der Waals surface area contributed by atoms with E-state index in [-0.39, 0.29) is 11.6 Å². The number of rotatable bonds is 9. The molecule has 0 fully saturated rings. The number of carbonyl (C=O) groups is 2. The van der Waals surface area contributed by atoms with Crippen molar-refractivity contribution in [2.75, 3.05) is 6.61 Å². The maximum absolute atomic E-state index is 11.7. The van der Waals surface area contributed by atoms with Crippen LogP contribution in [0.5, 0.6) is 5.75 Å². The highest BCUT2D eigenvalue weighted by Crippen LogP contribution is 2.17. The van der Waals surface area contributed by atoms with Gasteiger partial charge in [0.05, 0.1) is 6.61 Å². The maximum Gasteiger partial charge on any atom is 0.193 e. The Hall–Kier alpha value is -2.50. The molecule has 0 radical (unpaired) electrons. The largest absolute Gasteiger partial charge is 0.494 e. The predicted molar refractivity (Wildman–Crippen MR) is 124 cm³/mol. The van der Waals surface area contributed by atoms with Crippen molar-refractivity contribution in [2.24, 2.45) is 0 Å². The summed E-state index contributed by atoms with van der Waals surface area (Å²) in [6, 6.07) is 14.3. The molecular formula is C26H36O5. The summed E-state index contributed by atoms with van der Waals surface area (Å²) < 4.78 is 5.40. The molecule has 2 aromatic carbocycles. The summed E-state index contributed by atoms with van der Waals surface area (Å²) in [7, 11) is 0. The highest BCUT2D eigenvalue weighted by molar-refractivity contribution is 6.02. The van der Waals surface area contributed by atoms with E-state index in [2.05, 4.69) is 6.92 Å². The molecule has 31 heavy (non-hydrogen) atoms. The molecule has 0 aromatic heterocycles. The van der Waals surface area contributed by atoms with E-state index in [1.165, 1.54) is 33.3 Å². The van der Waals surface area contributed by atoms with Crippen LogP contribution in [0.3, 0.4) is 0 Å². The molecule has 0 bridgehead atoms. The van der Waals surface area contributed by atoms with Crippen LogP contribution < -0.4 is 4.74 Å². The van der Waals surface area contributed by atoms with Gasteiger partial charge in [0.1, 0.15) is 17.0 Å². The Morgan fingerprint density at radius 2 is 1.16 bits per heavy atom. The molecule has 0 spiro atoms. The third-order valence-corrected chi connectivity index (χ3v) is 4.46. The molecule has 2 aromatic rings. The summed E-state index contributed by atoms with van der Waals surface area (Å²) in [5.41, 5.74) is -0.318. The maximum atomic E-state index is 11.7. The molecule has 2 rings (SSSR count). The second kappa shape index (κ2) is 11.8. The van der Waals surface area contributed by atoms with Gasteiger partial charge >= 0.3 is 0 Å². The van der Waals surface area contributed by atoms with Crippen molar-refractivity contribution in [1.82, 2.24) is 0 Å². The lowest BCUT2D eigenvalue weighted by Gasteiger charge is -2.15. The monoisotopic (exact) mass is 428 g/mol. The number of ketones is 2. The van der Waals surface area contributed by atoms with Gasteiger partial charge < -0.3 is 14.9 Å². The van der Waals surface area contributed by atoms with Crippen molar-refractivity contribution < 1.29 is 24.5 Å². The fourth-order valence-electron chi connectivity index (χ4n) is 2.74. The van der Waals surface area contributed by atoms with Gasteiger partial charge in [-0.15, -0.1) is 0 Å². The Morgan fingerprint density at radius 3 is 1.52 bits per heavy atom. The lowest BCUT2D eigenvalue weighted by molar-refractivity contribution is 0.0487. The smallest absolute Gasteiger partial charge is 0.193 e. The minimum atomic E-state index is -1.33. The van der Waals surface area contributed by atoms with E-state index in [1.54, 1.807) is 36.4 Å². The van der Waals surface area contributed by atoms with Crippen LogP contribution in [-0.4, -0.2) is 39.6 Å². The zero-order valence-electron chi connectivity index (χ0n) is 19.6. The highest BCUT2D eigenvalue weighted by Gasteiger charge is 2.25. The fraction of sp³-hybridized carbons (Fsp3) is 0.462. The van der Waals surface area contributed by atoms with Gasteiger partial charge in [-0.05, 0) is 70.4 Å². The molecule has 0 amide bonds. The van der Waals surface area contributed by atoms with E-state index in [9.17, 15) is 19.8 Å². The summed E-state index contributed by atoms with van der Waals surface area (Å²) in [6.07, 6.45) is 3.07. The standard InChI is InChI=1S/C13H18O3.C13H18O2/c1-4-9-16-11-7-5-10(6-8-11)12(14)13(2,3)15;1-4-5-10-6-8-11(9-7-10)12(14)13(2,3)15/h5-8,15H,4,9H2,1-3H3;6-9,15H,4-5H2,1-3H3. The number of hydrogen-bond acceptors (Lipinski definition) is 5. The number of aryl methyl sites for hydroxylation is 1. The molecule has 0 aliphatic carbocycles. The number of aliphatic hydroxyl groups is 2. The second-order valence-electron chi connectivity index (χ2n) is 8.60. The van der Waals surface area contributed by atoms with Crippen LogP contribution in [0.15, 0.2) is 48.5 Å². The van der Waals surface area contributed by atoms with Gasteiger partial charge in [0.2, 0.25) is 0 Å². The Kier molecular flexibility index (Phi) is 10.1. The molecule has 0 atom stereocenters. The average Bonchev–Trinajstić information content (AvgIpc) is 2.71. The normalized spacial score (nSPS) is 11.4. The minimum absolute atomic E-state index is 0.231. The van der Waals surface area contributed by atoms with Crippen molar-refractivity contribution >= 4 is 11.6 Å². The van der Waals surface area contributed by atoms with Crippen LogP contribution in [0.1, 0.15) is 80.7 Å². The Labute approximate surface area is 186 Å². The van der Waals surface area contributed by atoms with Gasteiger partial charge in [-0.25, -0.2) is 0 Å². The molecule has 5 nitrogen and oxygen atoms in total. The van der Waals surface area contributed by atoms with Gasteiger partial charge in [-0.2, -0.15) is 0 Å². The van der Waals surface area contributed by atoms with E-state index in [0.29, 0.717) is 17.7 Å². The molecule has 170 valence electrons. The molecule has 5 heteroatoms. The molecule has 0 aliphatic rings. The second-order valence-corrected chi connectivity index (χ2v) is 8.60. The topological polar surface area (TPSA) is 83.8 Å². The number of Topliss-reactive ketones (excluding diaryl/α,β-unsaturated/α-hetero) is 2. The minimum Gasteiger partial charge on any atom is -0.494 e. The lowest BCUT2D eigenvalue weighted by Crippen LogP contribution is -2.31. The van der Waals surface area contributed by atoms with Gasteiger partial charge in [0.15, 0.2) is 11.6 Å². The molecule has 0 saturated heterocycles. The average molecular weight is 429 g/mol. The van der Waals surface area contributed by atoms with Crippen molar-refractivity contribution in [2.45, 2.75) is 72.0 Å². The SMILES string of the molecule is CCCOc1ccc(C(=O)C(C)(C)O)cc1.CCCc1ccc(C(=O)C(C)(C)O)cc1. The van der Waals surface area contributed by atoms with Crippen LogP contribution in [0.25, 0.3) is 0 Å². The highest BCUT2D eigenvalue weighted by atomic mass is 16.5. The predicted octanol–water partition coefficient (Wildman–Crippen LogP) is 5.02. The Balaban J connectivity index is 0.000000311. The first kappa shape index (κ1) is 26.5. The third-order valence-electron chi connectivity index (χ3n) is 4.46. The molecule has 0 unspecified atom stereocenters. The van der Waals surface area contributed by atoms with Crippen LogP contribution in [0, 0.1) is 0 Å². The molecule has 0 saturated carbocycles. The Morgan fingerprint density at radius 1 is 0.742 bits per heavy atom. The van der Waals surface area contributed by atoms with E-state index >= 15 is 0 Å². The van der Waals surface area contributed by atoms with Crippen molar-refractivity contribution in [1.29, 1.82) is 0 Å². The van der Waals surface area contributed by atoms with E-state index in [4.69, 9.17) is 4.74 Å². The van der Waals surface area contributed by atoms with Gasteiger partial charge in [-0.1, -0.05) is 44.5 Å². The van der Waals surface area contributed by atoms with Crippen LogP contribution in [-0.2, 0) is 6.42 Å². The van der Waals surface area contributed by atoms with E-state index in [1.807, 2.05) is 19.1 Å². The van der Waals surface area contributed by atoms with Gasteiger partial charge in [0, 0.05) is 11.1 Å². The van der Waals surface area contributed by atoms with E-state index in [0.717, 1.165) is 25.0 Å². The fourth-order valence-corrected chi connectivity index (χ4v) is 2.74. The quantitative estimate of drug-likeness (QED) is 0.548. The summed E-state index contributed by atoms with van der Waals surface area (Å²) in [5, 5.41) is 19.1. The number of carbonyl (C=O) groups excluding carboxylic acids is 2. The van der Waals surface area contributed by atoms with Crippen LogP contribution >= 0.6 is 0 Å². The van der Waals surface area contributed by atoms with Crippen LogP contribution in [0.2, 0.25) is 0 Å². The zero-order valence-corrected chi connectivity index (χ0v) is 19.6. The first-order chi connectivity index (χ1) is 14.4. The van der Waals surface area contributed by atoms with Crippen molar-refractivity contribution in [3.05, 3.63) is 65.2 Å². The van der Waals surface area contributed by atoms with Gasteiger partial charge in [-0.3, -0.25) is 9.59 Å². The summed E-state index contributed by atoms with van der Waals surface area (Å²) >= 11 is 0. The number of benzene rings is 2. The molecule has 0 heterocycles.